The molecule has 0 radical (unpaired) electrons. The van der Waals surface area contributed by atoms with Crippen molar-refractivity contribution in [2.45, 2.75) is 54.4 Å². The van der Waals surface area contributed by atoms with Crippen LogP contribution in [0.1, 0.15) is 25.8 Å². The summed E-state index contributed by atoms with van der Waals surface area (Å²) in [6.45, 7) is 1.07. The molecule has 1 aromatic heterocycles. The van der Waals surface area contributed by atoms with Gasteiger partial charge in [-0.2, -0.15) is 13.2 Å². The van der Waals surface area contributed by atoms with Gasteiger partial charge in [-0.3, -0.25) is 14.1 Å². The number of nitrogens with zero attached hydrogens (tertiary/aromatic N) is 2. The molecule has 3 aromatic rings. The summed E-state index contributed by atoms with van der Waals surface area (Å²) in [6, 6.07) is 10.8. The molecule has 1 aliphatic heterocycles. The van der Waals surface area contributed by atoms with Crippen LogP contribution in [0.25, 0.3) is 0 Å². The van der Waals surface area contributed by atoms with Gasteiger partial charge in [0.2, 0.25) is 5.60 Å². The number of fused-ring (bicyclic) bond motifs is 1. The lowest BCUT2D eigenvalue weighted by atomic mass is 10.1. The second-order valence-electron chi connectivity index (χ2n) is 9.99. The van der Waals surface area contributed by atoms with Gasteiger partial charge in [0.05, 0.1) is 34.2 Å². The third-order valence-corrected chi connectivity index (χ3v) is 9.99. The molecule has 15 heteroatoms. The molecular weight excluding hydrogens is 604 g/mol. The molecule has 0 amide bonds. The number of rotatable bonds is 9. The lowest BCUT2D eigenvalue weighted by Gasteiger charge is -2.36. The number of esters is 1. The Morgan fingerprint density at radius 3 is 2.36 bits per heavy atom. The Labute approximate surface area is 240 Å². The molecule has 0 aliphatic carbocycles. The van der Waals surface area contributed by atoms with E-state index in [4.69, 9.17) is 4.74 Å². The number of carbonyl (C=O) groups is 1. The molecule has 9 nitrogen and oxygen atoms in total. The molecule has 42 heavy (non-hydrogen) atoms. The van der Waals surface area contributed by atoms with Crippen molar-refractivity contribution >= 4 is 31.5 Å². The number of hydrogen-bond donors (Lipinski definition) is 0. The summed E-state index contributed by atoms with van der Waals surface area (Å²) in [5, 5.41) is 0. The van der Waals surface area contributed by atoms with Crippen molar-refractivity contribution in [2.75, 3.05) is 16.6 Å². The molecule has 0 unspecified atom stereocenters. The van der Waals surface area contributed by atoms with E-state index in [1.54, 1.807) is 0 Å². The molecular formula is C27H26F4N2O7S2. The Bertz CT molecular complexity index is 1660. The van der Waals surface area contributed by atoms with E-state index in [2.05, 4.69) is 9.72 Å². The fraction of sp³-hybridized carbons (Fsp3) is 0.333. The van der Waals surface area contributed by atoms with Crippen molar-refractivity contribution in [1.29, 1.82) is 0 Å². The molecule has 2 heterocycles. The lowest BCUT2D eigenvalue weighted by Crippen LogP contribution is -2.44. The van der Waals surface area contributed by atoms with Gasteiger partial charge in [-0.25, -0.2) is 21.2 Å². The number of benzene rings is 2. The van der Waals surface area contributed by atoms with Gasteiger partial charge < -0.3 is 9.47 Å². The lowest BCUT2D eigenvalue weighted by molar-refractivity contribution is -0.257. The van der Waals surface area contributed by atoms with Gasteiger partial charge in [0.1, 0.15) is 17.7 Å². The summed E-state index contributed by atoms with van der Waals surface area (Å²) in [4.78, 5) is 15.9. The van der Waals surface area contributed by atoms with Crippen LogP contribution in [0, 0.1) is 5.82 Å². The summed E-state index contributed by atoms with van der Waals surface area (Å²) < 4.78 is 117. The van der Waals surface area contributed by atoms with Crippen molar-refractivity contribution in [3.63, 3.8) is 0 Å². The maximum absolute atomic E-state index is 13.7. The first-order valence-electron chi connectivity index (χ1n) is 12.5. The van der Waals surface area contributed by atoms with Crippen LogP contribution in [0.3, 0.4) is 0 Å². The van der Waals surface area contributed by atoms with Crippen LogP contribution in [-0.2, 0) is 35.8 Å². The number of anilines is 1. The highest BCUT2D eigenvalue weighted by atomic mass is 32.2. The molecule has 0 fully saturated rings. The average Bonchev–Trinajstić information content (AvgIpc) is 2.91. The van der Waals surface area contributed by atoms with E-state index in [-0.39, 0.29) is 45.5 Å². The van der Waals surface area contributed by atoms with E-state index in [0.717, 1.165) is 28.6 Å². The van der Waals surface area contributed by atoms with E-state index in [0.29, 0.717) is 13.8 Å². The highest BCUT2D eigenvalue weighted by molar-refractivity contribution is 7.93. The molecule has 0 saturated heterocycles. The van der Waals surface area contributed by atoms with Crippen LogP contribution >= 0.6 is 0 Å². The SMILES string of the molecule is CC(C)(OC(=O)Cc1ccc2c(c1)N(S(=O)(=O)c1ccc(F)cc1)C[C@H](CCS(=O)(=O)c1cccnc1)O2)C(F)(F)F. The molecule has 226 valence electrons. The van der Waals surface area contributed by atoms with E-state index >= 15 is 0 Å². The second kappa shape index (κ2) is 11.5. The number of carbonyl (C=O) groups excluding carboxylic acids is 1. The molecule has 4 rings (SSSR count). The highest BCUT2D eigenvalue weighted by Gasteiger charge is 2.50. The Kier molecular flexibility index (Phi) is 8.56. The largest absolute Gasteiger partial charge is 0.486 e. The minimum atomic E-state index is -4.81. The van der Waals surface area contributed by atoms with Gasteiger partial charge in [0.25, 0.3) is 10.0 Å². The normalized spacial score (nSPS) is 16.0. The molecule has 0 N–H and O–H groups in total. The fourth-order valence-electron chi connectivity index (χ4n) is 4.06. The number of sulfonamides is 1. The van der Waals surface area contributed by atoms with Crippen LogP contribution in [-0.4, -0.2) is 58.0 Å². The number of sulfone groups is 1. The smallest absolute Gasteiger partial charge is 0.427 e. The highest BCUT2D eigenvalue weighted by Crippen LogP contribution is 2.39. The van der Waals surface area contributed by atoms with Crippen molar-refractivity contribution in [3.05, 3.63) is 78.4 Å². The number of alkyl halides is 3. The van der Waals surface area contributed by atoms with Gasteiger partial charge in [0.15, 0.2) is 9.84 Å². The molecule has 1 aliphatic rings. The Hall–Kier alpha value is -3.72. The number of ether oxygens (including phenoxy) is 2. The molecule has 0 spiro atoms. The van der Waals surface area contributed by atoms with Gasteiger partial charge in [-0.15, -0.1) is 0 Å². The zero-order chi connectivity index (χ0) is 30.9. The molecule has 0 saturated carbocycles. The first kappa shape index (κ1) is 31.2. The number of aromatic nitrogens is 1. The van der Waals surface area contributed by atoms with Crippen molar-refractivity contribution in [1.82, 2.24) is 4.98 Å². The first-order valence-corrected chi connectivity index (χ1v) is 15.6. The minimum Gasteiger partial charge on any atom is -0.486 e. The summed E-state index contributed by atoms with van der Waals surface area (Å²) in [5.74, 6) is -2.22. The number of halogens is 4. The standard InChI is InChI=1S/C27H26F4N2O7S2/c1-26(2,27(29,30)31)40-25(34)15-18-5-10-24-23(14-18)33(42(37,38)21-8-6-19(28)7-9-21)17-20(39-24)11-13-41(35,36)22-4-3-12-32-16-22/h3-10,12,14,16,20H,11,13,15,17H2,1-2H3/t20-/m0/s1. The second-order valence-corrected chi connectivity index (χ2v) is 14.0. The first-order chi connectivity index (χ1) is 19.5. The van der Waals surface area contributed by atoms with Crippen LogP contribution in [0.5, 0.6) is 5.75 Å². The zero-order valence-electron chi connectivity index (χ0n) is 22.3. The minimum absolute atomic E-state index is 0.0118. The summed E-state index contributed by atoms with van der Waals surface area (Å²) in [7, 11) is -8.14. The predicted molar refractivity (Wildman–Crippen MR) is 143 cm³/mol. The van der Waals surface area contributed by atoms with Gasteiger partial charge in [-0.05, 0) is 67.9 Å². The monoisotopic (exact) mass is 630 g/mol. The molecule has 2 aromatic carbocycles. The summed E-state index contributed by atoms with van der Waals surface area (Å²) >= 11 is 0. The zero-order valence-corrected chi connectivity index (χ0v) is 24.0. The van der Waals surface area contributed by atoms with Crippen molar-refractivity contribution in [2.24, 2.45) is 0 Å². The van der Waals surface area contributed by atoms with E-state index in [1.165, 1.54) is 42.7 Å². The van der Waals surface area contributed by atoms with E-state index in [1.807, 2.05) is 0 Å². The summed E-state index contributed by atoms with van der Waals surface area (Å²) in [5.41, 5.74) is -2.65. The maximum atomic E-state index is 13.7. The number of hydrogen-bond acceptors (Lipinski definition) is 8. The Balaban J connectivity index is 1.64. The predicted octanol–water partition coefficient (Wildman–Crippen LogP) is 4.47. The van der Waals surface area contributed by atoms with Crippen LogP contribution < -0.4 is 9.04 Å². The number of pyridine rings is 1. The molecule has 1 atom stereocenters. The van der Waals surface area contributed by atoms with Crippen LogP contribution in [0.15, 0.2) is 76.8 Å². The fourth-order valence-corrected chi connectivity index (χ4v) is 6.87. The summed E-state index contributed by atoms with van der Waals surface area (Å²) in [6.07, 6.45) is -3.84. The maximum Gasteiger partial charge on any atom is 0.427 e. The third kappa shape index (κ3) is 6.84. The van der Waals surface area contributed by atoms with Gasteiger partial charge >= 0.3 is 12.1 Å². The third-order valence-electron chi connectivity index (χ3n) is 6.46. The van der Waals surface area contributed by atoms with Crippen LogP contribution in [0.4, 0.5) is 23.2 Å². The van der Waals surface area contributed by atoms with E-state index < -0.39 is 55.9 Å². The molecule has 0 bridgehead atoms. The van der Waals surface area contributed by atoms with Crippen molar-refractivity contribution < 1.29 is 48.7 Å². The van der Waals surface area contributed by atoms with Gasteiger partial charge in [0, 0.05) is 18.8 Å². The topological polar surface area (TPSA) is 120 Å². The van der Waals surface area contributed by atoms with Gasteiger partial charge in [-0.1, -0.05) is 6.07 Å². The quantitative estimate of drug-likeness (QED) is 0.251. The average molecular weight is 631 g/mol. The van der Waals surface area contributed by atoms with E-state index in [9.17, 15) is 39.2 Å². The van der Waals surface area contributed by atoms with Crippen LogP contribution in [0.2, 0.25) is 0 Å². The van der Waals surface area contributed by atoms with Crippen molar-refractivity contribution in [3.8, 4) is 5.75 Å². The Morgan fingerprint density at radius 2 is 1.74 bits per heavy atom. The Morgan fingerprint density at radius 1 is 1.05 bits per heavy atom.